The molecule has 4 nitrogen and oxygen atoms in total. The number of ether oxygens (including phenoxy) is 1. The number of hydrogen-bond donors (Lipinski definition) is 1. The number of aromatic nitrogens is 1. The predicted octanol–water partition coefficient (Wildman–Crippen LogP) is 3.64. The molecular formula is C20H24F2N2O2. The van der Waals surface area contributed by atoms with Gasteiger partial charge in [-0.3, -0.25) is 9.88 Å². The normalized spacial score (nSPS) is 29.7. The molecule has 2 fully saturated rings. The zero-order valence-electron chi connectivity index (χ0n) is 15.0. The maximum atomic E-state index is 13.9. The van der Waals surface area contributed by atoms with Gasteiger partial charge in [0.25, 0.3) is 0 Å². The van der Waals surface area contributed by atoms with E-state index in [2.05, 4.69) is 4.98 Å². The average molecular weight is 362 g/mol. The van der Waals surface area contributed by atoms with Crippen LogP contribution in [0.1, 0.15) is 31.4 Å². The van der Waals surface area contributed by atoms with Crippen LogP contribution in [0.25, 0.3) is 10.9 Å². The van der Waals surface area contributed by atoms with Gasteiger partial charge in [-0.05, 0) is 55.5 Å². The lowest BCUT2D eigenvalue weighted by Crippen LogP contribution is -2.41. The van der Waals surface area contributed by atoms with Crippen LogP contribution in [0.4, 0.5) is 8.78 Å². The molecule has 2 unspecified atom stereocenters. The van der Waals surface area contributed by atoms with Crippen LogP contribution >= 0.6 is 0 Å². The van der Waals surface area contributed by atoms with Gasteiger partial charge in [0.05, 0.1) is 18.7 Å². The van der Waals surface area contributed by atoms with Crippen LogP contribution in [0.5, 0.6) is 5.75 Å². The van der Waals surface area contributed by atoms with Crippen molar-refractivity contribution in [3.63, 3.8) is 0 Å². The number of fused-ring (bicyclic) bond motifs is 3. The van der Waals surface area contributed by atoms with E-state index in [-0.39, 0.29) is 12.0 Å². The second-order valence-corrected chi connectivity index (χ2v) is 7.65. The summed E-state index contributed by atoms with van der Waals surface area (Å²) in [5.41, 5.74) is 1.57. The third kappa shape index (κ3) is 2.95. The maximum absolute atomic E-state index is 13.9. The van der Waals surface area contributed by atoms with Crippen LogP contribution in [-0.2, 0) is 0 Å². The van der Waals surface area contributed by atoms with Crippen LogP contribution in [0.15, 0.2) is 30.5 Å². The summed E-state index contributed by atoms with van der Waals surface area (Å²) in [7, 11) is 1.60. The highest BCUT2D eigenvalue weighted by Crippen LogP contribution is 2.45. The molecule has 0 aliphatic carbocycles. The Kier molecular flexibility index (Phi) is 4.35. The Labute approximate surface area is 151 Å². The number of aliphatic hydroxyl groups is 1. The van der Waals surface area contributed by atoms with Gasteiger partial charge in [-0.25, -0.2) is 8.78 Å². The summed E-state index contributed by atoms with van der Waals surface area (Å²) in [5, 5.41) is 12.0. The van der Waals surface area contributed by atoms with E-state index in [9.17, 15) is 13.9 Å². The highest BCUT2D eigenvalue weighted by atomic mass is 19.3. The fourth-order valence-electron chi connectivity index (χ4n) is 4.71. The molecule has 1 aromatic carbocycles. The largest absolute Gasteiger partial charge is 0.497 e. The van der Waals surface area contributed by atoms with Gasteiger partial charge >= 0.3 is 0 Å². The van der Waals surface area contributed by atoms with E-state index < -0.39 is 17.9 Å². The first-order valence-electron chi connectivity index (χ1n) is 9.11. The number of alkyl halides is 2. The lowest BCUT2D eigenvalue weighted by atomic mass is 9.84. The molecule has 0 radical (unpaired) electrons. The lowest BCUT2D eigenvalue weighted by molar-refractivity contribution is -0.0491. The van der Waals surface area contributed by atoms with Gasteiger partial charge in [0, 0.05) is 36.6 Å². The average Bonchev–Trinajstić information content (AvgIpc) is 2.97. The summed E-state index contributed by atoms with van der Waals surface area (Å²) in [6, 6.07) is 7.26. The molecule has 1 aromatic heterocycles. The van der Waals surface area contributed by atoms with Gasteiger partial charge < -0.3 is 9.84 Å². The van der Waals surface area contributed by atoms with Crippen LogP contribution in [-0.4, -0.2) is 47.2 Å². The molecule has 2 aliphatic rings. The van der Waals surface area contributed by atoms with Crippen molar-refractivity contribution in [2.75, 3.05) is 20.2 Å². The Morgan fingerprint density at radius 2 is 2.08 bits per heavy atom. The standard InChI is InChI=1S/C20H24F2N2O2/c1-20(21,22)16-11-24-10-12(16)3-6-18(24)19(25)14-7-8-23-17-5-4-13(26-2)9-15(14)17/h4-5,7-9,12,16,18-19,25H,3,6,10-11H2,1-2H3/t12?,16-,18+,19+/m0/s1. The number of methoxy groups -OCH3 is 1. The van der Waals surface area contributed by atoms with Crippen LogP contribution in [0.2, 0.25) is 0 Å². The van der Waals surface area contributed by atoms with E-state index in [0.717, 1.165) is 36.2 Å². The minimum Gasteiger partial charge on any atom is -0.497 e. The first-order valence-corrected chi connectivity index (χ1v) is 9.11. The minimum atomic E-state index is -2.67. The van der Waals surface area contributed by atoms with Gasteiger partial charge in [-0.1, -0.05) is 0 Å². The van der Waals surface area contributed by atoms with Gasteiger partial charge in [-0.15, -0.1) is 0 Å². The number of halogens is 2. The number of rotatable bonds is 4. The minimum absolute atomic E-state index is 0.0210. The Morgan fingerprint density at radius 3 is 2.81 bits per heavy atom. The van der Waals surface area contributed by atoms with Crippen molar-refractivity contribution in [2.45, 2.75) is 37.8 Å². The summed E-state index contributed by atoms with van der Waals surface area (Å²) in [6.07, 6.45) is 2.41. The van der Waals surface area contributed by atoms with E-state index in [1.165, 1.54) is 0 Å². The summed E-state index contributed by atoms with van der Waals surface area (Å²) >= 11 is 0. The third-order valence-corrected chi connectivity index (χ3v) is 6.09. The topological polar surface area (TPSA) is 45.6 Å². The van der Waals surface area contributed by atoms with Gasteiger partial charge in [0.2, 0.25) is 5.92 Å². The fourth-order valence-corrected chi connectivity index (χ4v) is 4.71. The molecule has 0 amide bonds. The fraction of sp³-hybridized carbons (Fsp3) is 0.550. The molecule has 2 aliphatic heterocycles. The second-order valence-electron chi connectivity index (χ2n) is 7.65. The summed E-state index contributed by atoms with van der Waals surface area (Å²) in [4.78, 5) is 6.41. The molecule has 0 spiro atoms. The molecule has 3 heterocycles. The van der Waals surface area contributed by atoms with Crippen LogP contribution in [0, 0.1) is 11.8 Å². The molecule has 0 saturated carbocycles. The van der Waals surface area contributed by atoms with Crippen molar-refractivity contribution in [1.29, 1.82) is 0 Å². The van der Waals surface area contributed by atoms with Crippen molar-refractivity contribution < 1.29 is 18.6 Å². The number of piperidine rings is 1. The summed E-state index contributed by atoms with van der Waals surface area (Å²) in [5.74, 6) is -2.56. The molecule has 4 rings (SSSR count). The molecule has 2 saturated heterocycles. The lowest BCUT2D eigenvalue weighted by Gasteiger charge is -2.36. The molecule has 2 bridgehead atoms. The van der Waals surface area contributed by atoms with Crippen LogP contribution in [0.3, 0.4) is 0 Å². The van der Waals surface area contributed by atoms with Crippen molar-refractivity contribution in [3.8, 4) is 5.75 Å². The summed E-state index contributed by atoms with van der Waals surface area (Å²) < 4.78 is 33.1. The zero-order chi connectivity index (χ0) is 18.5. The molecule has 26 heavy (non-hydrogen) atoms. The highest BCUT2D eigenvalue weighted by molar-refractivity contribution is 5.83. The van der Waals surface area contributed by atoms with Crippen molar-refractivity contribution in [2.24, 2.45) is 11.8 Å². The number of hydrogen-bond acceptors (Lipinski definition) is 4. The first kappa shape index (κ1) is 17.6. The molecule has 6 heteroatoms. The monoisotopic (exact) mass is 362 g/mol. The quantitative estimate of drug-likeness (QED) is 0.902. The smallest absolute Gasteiger partial charge is 0.249 e. The number of nitrogens with zero attached hydrogens (tertiary/aromatic N) is 2. The molecule has 140 valence electrons. The highest BCUT2D eigenvalue weighted by Gasteiger charge is 2.50. The van der Waals surface area contributed by atoms with Crippen molar-refractivity contribution in [1.82, 2.24) is 9.88 Å². The van der Waals surface area contributed by atoms with Gasteiger partial charge in [0.1, 0.15) is 5.75 Å². The zero-order valence-corrected chi connectivity index (χ0v) is 15.0. The second kappa shape index (κ2) is 6.43. The van der Waals surface area contributed by atoms with Crippen LogP contribution < -0.4 is 4.74 Å². The predicted molar refractivity (Wildman–Crippen MR) is 95.5 cm³/mol. The Hall–Kier alpha value is -1.79. The molecule has 1 N–H and O–H groups in total. The van der Waals surface area contributed by atoms with Crippen molar-refractivity contribution >= 4 is 10.9 Å². The Bertz CT molecular complexity index is 808. The Balaban J connectivity index is 1.65. The van der Waals surface area contributed by atoms with Crippen molar-refractivity contribution in [3.05, 3.63) is 36.0 Å². The van der Waals surface area contributed by atoms with E-state index in [0.29, 0.717) is 18.8 Å². The summed E-state index contributed by atoms with van der Waals surface area (Å²) in [6.45, 7) is 2.01. The van der Waals surface area contributed by atoms with E-state index in [4.69, 9.17) is 4.74 Å². The Morgan fingerprint density at radius 1 is 1.27 bits per heavy atom. The molecule has 5 atom stereocenters. The number of benzene rings is 1. The number of aliphatic hydroxyl groups excluding tert-OH is 1. The van der Waals surface area contributed by atoms with E-state index in [1.807, 2.05) is 29.2 Å². The van der Waals surface area contributed by atoms with Gasteiger partial charge in [0.15, 0.2) is 0 Å². The number of pyridine rings is 1. The van der Waals surface area contributed by atoms with E-state index >= 15 is 0 Å². The van der Waals surface area contributed by atoms with E-state index in [1.54, 1.807) is 13.3 Å². The first-order chi connectivity index (χ1) is 12.4. The van der Waals surface area contributed by atoms with Gasteiger partial charge in [-0.2, -0.15) is 0 Å². The molecule has 2 aromatic rings. The maximum Gasteiger partial charge on any atom is 0.249 e. The SMILES string of the molecule is COc1ccc2nccc([C@@H](O)[C@H]3CCC4CN3C[C@@H]4C(C)(F)F)c2c1. The third-order valence-electron chi connectivity index (χ3n) is 6.09. The molecular weight excluding hydrogens is 338 g/mol.